The lowest BCUT2D eigenvalue weighted by Gasteiger charge is -2.35. The van der Waals surface area contributed by atoms with Gasteiger partial charge in [0.2, 0.25) is 21.8 Å². The van der Waals surface area contributed by atoms with E-state index >= 15 is 0 Å². The van der Waals surface area contributed by atoms with Crippen molar-refractivity contribution in [2.45, 2.75) is 76.4 Å². The van der Waals surface area contributed by atoms with Crippen molar-refractivity contribution in [1.82, 2.24) is 24.8 Å². The Kier molecular flexibility index (Phi) is 9.59. The highest BCUT2D eigenvalue weighted by Crippen LogP contribution is 2.36. The number of unbranched alkanes of at least 4 members (excludes halogenated alkanes) is 2. The number of fused-ring (bicyclic) bond motifs is 1. The number of amides is 1. The van der Waals surface area contributed by atoms with E-state index in [-0.39, 0.29) is 29.7 Å². The number of sulfonamides is 1. The second kappa shape index (κ2) is 13.4. The van der Waals surface area contributed by atoms with Crippen LogP contribution in [0.4, 0.5) is 0 Å². The molecule has 0 saturated carbocycles. The number of oxime groups is 1. The largest absolute Gasteiger partial charge is 0.480 e. The van der Waals surface area contributed by atoms with Crippen molar-refractivity contribution in [3.8, 4) is 17.3 Å². The van der Waals surface area contributed by atoms with Crippen molar-refractivity contribution in [2.24, 2.45) is 5.16 Å². The molecule has 0 bridgehead atoms. The van der Waals surface area contributed by atoms with Gasteiger partial charge in [0, 0.05) is 50.6 Å². The number of nitrogens with one attached hydrogen (secondary N) is 1. The van der Waals surface area contributed by atoms with E-state index in [0.717, 1.165) is 30.2 Å². The number of para-hydroxylation sites is 1. The maximum atomic E-state index is 13.4. The second-order valence-electron chi connectivity index (χ2n) is 11.4. The standard InChI is InChI=1S/C30H38N6O7S/c1-4-21(37)11-6-5-7-13-24(31-26(38)25-19-30(43-35-25)14-16-36(17-15-30)44(3,39)40)29-34-33-28(42-29)22-18-20-10-8-9-12-23(20)32-27(22)41-2/h8-10,12,18,24H,4-7,11,13-17,19H2,1-3H3,(H,31,38)/t24-/m0/s1. The van der Waals surface area contributed by atoms with E-state index in [4.69, 9.17) is 14.0 Å². The Morgan fingerprint density at radius 2 is 1.91 bits per heavy atom. The van der Waals surface area contributed by atoms with Gasteiger partial charge in [0.05, 0.1) is 18.9 Å². The van der Waals surface area contributed by atoms with Crippen LogP contribution in [0, 0.1) is 0 Å². The minimum atomic E-state index is -3.29. The van der Waals surface area contributed by atoms with Gasteiger partial charge < -0.3 is 19.3 Å². The Balaban J connectivity index is 1.30. The highest BCUT2D eigenvalue weighted by atomic mass is 32.2. The molecule has 1 N–H and O–H groups in total. The molecule has 1 atom stereocenters. The van der Waals surface area contributed by atoms with Crippen LogP contribution >= 0.6 is 0 Å². The van der Waals surface area contributed by atoms with Crippen molar-refractivity contribution < 1.29 is 32.0 Å². The number of benzene rings is 1. The second-order valence-corrected chi connectivity index (χ2v) is 13.3. The molecule has 13 nitrogen and oxygen atoms in total. The lowest BCUT2D eigenvalue weighted by atomic mass is 9.87. The van der Waals surface area contributed by atoms with E-state index in [9.17, 15) is 18.0 Å². The minimum absolute atomic E-state index is 0.209. The molecule has 44 heavy (non-hydrogen) atoms. The molecular formula is C30H38N6O7S. The van der Waals surface area contributed by atoms with E-state index in [1.807, 2.05) is 37.3 Å². The first kappa shape index (κ1) is 31.5. The number of carbonyl (C=O) groups excluding carboxylic acids is 2. The zero-order valence-corrected chi connectivity index (χ0v) is 26.1. The molecule has 0 unspecified atom stereocenters. The summed E-state index contributed by atoms with van der Waals surface area (Å²) in [6.45, 7) is 2.48. The van der Waals surface area contributed by atoms with Crippen LogP contribution in [-0.2, 0) is 24.4 Å². The number of hydrogen-bond donors (Lipinski definition) is 1. The SMILES string of the molecule is CCC(=O)CCCCC[C@H](NC(=O)C1=NOC2(CCN(S(C)(=O)=O)CC2)C1)c1nnc(-c2cc3ccccc3nc2OC)o1. The Morgan fingerprint density at radius 1 is 1.14 bits per heavy atom. The fourth-order valence-electron chi connectivity index (χ4n) is 5.55. The zero-order chi connectivity index (χ0) is 31.3. The van der Waals surface area contributed by atoms with Gasteiger partial charge in [0.1, 0.15) is 28.7 Å². The van der Waals surface area contributed by atoms with E-state index in [1.165, 1.54) is 17.7 Å². The Labute approximate surface area is 256 Å². The average molecular weight is 627 g/mol. The minimum Gasteiger partial charge on any atom is -0.480 e. The first-order valence-electron chi connectivity index (χ1n) is 14.9. The molecule has 1 spiro atoms. The summed E-state index contributed by atoms with van der Waals surface area (Å²) < 4.78 is 36.9. The fraction of sp³-hybridized carbons (Fsp3) is 0.533. The van der Waals surface area contributed by atoms with E-state index in [1.54, 1.807) is 0 Å². The number of ether oxygens (including phenoxy) is 1. The van der Waals surface area contributed by atoms with Crippen LogP contribution in [0.1, 0.15) is 76.6 Å². The quantitative estimate of drug-likeness (QED) is 0.275. The highest BCUT2D eigenvalue weighted by Gasteiger charge is 2.45. The third kappa shape index (κ3) is 7.24. The number of pyridine rings is 1. The van der Waals surface area contributed by atoms with Crippen LogP contribution < -0.4 is 10.1 Å². The molecule has 1 saturated heterocycles. The number of carbonyl (C=O) groups is 2. The van der Waals surface area contributed by atoms with Crippen molar-refractivity contribution >= 4 is 38.3 Å². The monoisotopic (exact) mass is 626 g/mol. The van der Waals surface area contributed by atoms with Crippen molar-refractivity contribution in [2.75, 3.05) is 26.5 Å². The molecule has 0 radical (unpaired) electrons. The summed E-state index contributed by atoms with van der Waals surface area (Å²) in [7, 11) is -1.77. The summed E-state index contributed by atoms with van der Waals surface area (Å²) in [5.74, 6) is 0.586. The lowest BCUT2D eigenvalue weighted by molar-refractivity contribution is -0.119. The lowest BCUT2D eigenvalue weighted by Crippen LogP contribution is -2.47. The van der Waals surface area contributed by atoms with Crippen molar-refractivity contribution in [1.29, 1.82) is 0 Å². The number of Topliss-reactive ketones (excluding diaryl/α,β-unsaturated/α-hetero) is 1. The molecule has 1 aromatic carbocycles. The number of rotatable bonds is 13. The number of aromatic nitrogens is 3. The molecule has 2 aliphatic heterocycles. The van der Waals surface area contributed by atoms with Crippen LogP contribution in [0.15, 0.2) is 39.9 Å². The number of nitrogens with zero attached hydrogens (tertiary/aromatic N) is 5. The molecule has 5 rings (SSSR count). The molecule has 1 fully saturated rings. The van der Waals surface area contributed by atoms with Crippen LogP contribution in [0.25, 0.3) is 22.4 Å². The number of methoxy groups -OCH3 is 1. The number of hydrogen-bond acceptors (Lipinski definition) is 11. The first-order chi connectivity index (χ1) is 21.1. The van der Waals surface area contributed by atoms with Gasteiger partial charge in [-0.05, 0) is 25.0 Å². The van der Waals surface area contributed by atoms with E-state index < -0.39 is 27.6 Å². The average Bonchev–Trinajstić information content (AvgIpc) is 3.67. The summed E-state index contributed by atoms with van der Waals surface area (Å²) in [4.78, 5) is 35.4. The van der Waals surface area contributed by atoms with Crippen LogP contribution in [0.2, 0.25) is 0 Å². The topological polar surface area (TPSA) is 166 Å². The molecule has 1 amide bonds. The molecule has 3 aromatic rings. The van der Waals surface area contributed by atoms with E-state index in [0.29, 0.717) is 56.6 Å². The Morgan fingerprint density at radius 3 is 2.64 bits per heavy atom. The van der Waals surface area contributed by atoms with Crippen LogP contribution in [0.5, 0.6) is 5.88 Å². The van der Waals surface area contributed by atoms with Crippen molar-refractivity contribution in [3.05, 3.63) is 36.2 Å². The first-order valence-corrected chi connectivity index (χ1v) is 16.8. The molecule has 2 aromatic heterocycles. The number of ketones is 1. The summed E-state index contributed by atoms with van der Waals surface area (Å²) >= 11 is 0. The highest BCUT2D eigenvalue weighted by molar-refractivity contribution is 7.88. The van der Waals surface area contributed by atoms with Gasteiger partial charge in [-0.2, -0.15) is 0 Å². The van der Waals surface area contributed by atoms with Crippen LogP contribution in [0.3, 0.4) is 0 Å². The Hall–Kier alpha value is -3.91. The third-order valence-electron chi connectivity index (χ3n) is 8.20. The van der Waals surface area contributed by atoms with Gasteiger partial charge in [-0.15, -0.1) is 10.2 Å². The van der Waals surface area contributed by atoms with E-state index in [2.05, 4.69) is 25.7 Å². The van der Waals surface area contributed by atoms with Gasteiger partial charge in [-0.1, -0.05) is 43.1 Å². The maximum Gasteiger partial charge on any atom is 0.269 e. The fourth-order valence-corrected chi connectivity index (χ4v) is 6.40. The number of piperidine rings is 1. The Bertz CT molecular complexity index is 1650. The maximum absolute atomic E-state index is 13.4. The normalized spacial score (nSPS) is 17.3. The predicted molar refractivity (Wildman–Crippen MR) is 162 cm³/mol. The summed E-state index contributed by atoms with van der Waals surface area (Å²) in [5.41, 5.74) is 0.825. The molecular weight excluding hydrogens is 588 g/mol. The molecule has 2 aliphatic rings. The predicted octanol–water partition coefficient (Wildman–Crippen LogP) is 3.95. The smallest absolute Gasteiger partial charge is 0.269 e. The van der Waals surface area contributed by atoms with Gasteiger partial charge in [0.15, 0.2) is 0 Å². The summed E-state index contributed by atoms with van der Waals surface area (Å²) in [6, 6.07) is 8.87. The summed E-state index contributed by atoms with van der Waals surface area (Å²) in [5, 5.41) is 16.5. The molecule has 236 valence electrons. The van der Waals surface area contributed by atoms with Gasteiger partial charge in [-0.3, -0.25) is 9.59 Å². The third-order valence-corrected chi connectivity index (χ3v) is 9.51. The van der Waals surface area contributed by atoms with Crippen LogP contribution in [-0.4, -0.2) is 77.4 Å². The van der Waals surface area contributed by atoms with Gasteiger partial charge in [-0.25, -0.2) is 17.7 Å². The summed E-state index contributed by atoms with van der Waals surface area (Å²) in [6.07, 6.45) is 6.17. The molecule has 4 heterocycles. The van der Waals surface area contributed by atoms with Gasteiger partial charge in [0.25, 0.3) is 11.8 Å². The molecule has 14 heteroatoms. The van der Waals surface area contributed by atoms with Gasteiger partial charge >= 0.3 is 0 Å². The molecule has 0 aliphatic carbocycles. The van der Waals surface area contributed by atoms with Crippen molar-refractivity contribution in [3.63, 3.8) is 0 Å². The zero-order valence-electron chi connectivity index (χ0n) is 25.2.